The van der Waals surface area contributed by atoms with Crippen molar-refractivity contribution in [2.45, 2.75) is 19.4 Å². The lowest BCUT2D eigenvalue weighted by Gasteiger charge is -2.13. The van der Waals surface area contributed by atoms with E-state index in [-0.39, 0.29) is 6.04 Å². The molecule has 2 heterocycles. The zero-order valence-electron chi connectivity index (χ0n) is 8.62. The van der Waals surface area contributed by atoms with Crippen molar-refractivity contribution in [2.24, 2.45) is 5.84 Å². The van der Waals surface area contributed by atoms with E-state index in [1.807, 2.05) is 6.92 Å². The molecule has 0 fully saturated rings. The van der Waals surface area contributed by atoms with Crippen LogP contribution in [-0.4, -0.2) is 0 Å². The molecule has 2 aromatic heterocycles. The van der Waals surface area contributed by atoms with Crippen molar-refractivity contribution >= 4 is 32.1 Å². The Balaban J connectivity index is 2.27. The Morgan fingerprint density at radius 2 is 2.40 bits per heavy atom. The van der Waals surface area contributed by atoms with Crippen LogP contribution in [0.3, 0.4) is 0 Å². The van der Waals surface area contributed by atoms with E-state index in [0.717, 1.165) is 12.0 Å². The van der Waals surface area contributed by atoms with Gasteiger partial charge in [0, 0.05) is 14.3 Å². The molecule has 0 aromatic carbocycles. The molecule has 15 heavy (non-hydrogen) atoms. The van der Waals surface area contributed by atoms with Gasteiger partial charge in [-0.2, -0.15) is 0 Å². The molecule has 0 saturated carbocycles. The van der Waals surface area contributed by atoms with Crippen molar-refractivity contribution in [3.63, 3.8) is 0 Å². The molecule has 0 bridgehead atoms. The molecule has 1 atom stereocenters. The summed E-state index contributed by atoms with van der Waals surface area (Å²) >= 11 is 3.58. The van der Waals surface area contributed by atoms with Gasteiger partial charge in [0.05, 0.1) is 6.04 Å². The molecule has 0 aliphatic rings. The van der Waals surface area contributed by atoms with Crippen molar-refractivity contribution in [3.05, 3.63) is 34.5 Å². The minimum absolute atomic E-state index is 0.201. The second-order valence-corrected chi connectivity index (χ2v) is 5.74. The van der Waals surface area contributed by atoms with Gasteiger partial charge in [-0.15, -0.1) is 29.3 Å². The molecule has 0 aliphatic heterocycles. The molecular weight excluding hydrogens is 224 g/mol. The Labute approximate surface area is 97.4 Å². The molecule has 0 spiro atoms. The summed E-state index contributed by atoms with van der Waals surface area (Å²) in [4.78, 5) is 1.29. The van der Waals surface area contributed by atoms with Crippen LogP contribution in [0.1, 0.15) is 24.3 Å². The first kappa shape index (κ1) is 10.8. The van der Waals surface area contributed by atoms with Crippen LogP contribution in [-0.2, 0) is 0 Å². The summed E-state index contributed by atoms with van der Waals surface area (Å²) in [5.41, 5.74) is 4.00. The van der Waals surface area contributed by atoms with Crippen LogP contribution < -0.4 is 11.3 Å². The van der Waals surface area contributed by atoms with Gasteiger partial charge >= 0.3 is 0 Å². The van der Waals surface area contributed by atoms with Crippen molar-refractivity contribution < 1.29 is 0 Å². The third-order valence-corrected chi connectivity index (χ3v) is 4.46. The molecule has 4 heteroatoms. The average molecular weight is 238 g/mol. The Kier molecular flexibility index (Phi) is 3.21. The zero-order chi connectivity index (χ0) is 10.8. The highest BCUT2D eigenvalue weighted by atomic mass is 32.1. The molecule has 2 rings (SSSR count). The molecule has 0 saturated heterocycles. The lowest BCUT2D eigenvalue weighted by atomic mass is 10.1. The summed E-state index contributed by atoms with van der Waals surface area (Å²) in [5.74, 6) is 5.56. The molecule has 2 aromatic rings. The molecule has 3 N–H and O–H groups in total. The van der Waals surface area contributed by atoms with E-state index in [0.29, 0.717) is 0 Å². The monoisotopic (exact) mass is 238 g/mol. The Bertz CT molecular complexity index is 441. The number of rotatable bonds is 4. The summed E-state index contributed by atoms with van der Waals surface area (Å²) in [5, 5.41) is 2.12. The zero-order valence-corrected chi connectivity index (χ0v) is 10.3. The highest BCUT2D eigenvalue weighted by molar-refractivity contribution is 7.26. The first-order chi connectivity index (χ1) is 7.20. The van der Waals surface area contributed by atoms with E-state index in [1.165, 1.54) is 14.3 Å². The number of nitrogens with one attached hydrogen (secondary N) is 1. The van der Waals surface area contributed by atoms with Crippen LogP contribution in [0.25, 0.3) is 9.40 Å². The Hall–Kier alpha value is -0.680. The lowest BCUT2D eigenvalue weighted by Crippen LogP contribution is -2.27. The first-order valence-electron chi connectivity index (χ1n) is 4.78. The second-order valence-electron chi connectivity index (χ2n) is 3.68. The van der Waals surface area contributed by atoms with Crippen molar-refractivity contribution in [2.75, 3.05) is 0 Å². The number of hydrogen-bond acceptors (Lipinski definition) is 4. The van der Waals surface area contributed by atoms with E-state index >= 15 is 0 Å². The van der Waals surface area contributed by atoms with E-state index in [2.05, 4.69) is 29.5 Å². The highest BCUT2D eigenvalue weighted by Gasteiger charge is 2.13. The van der Waals surface area contributed by atoms with Gasteiger partial charge in [0.15, 0.2) is 0 Å². The molecular formula is C11H14N2S2. The number of hydrogen-bond donors (Lipinski definition) is 2. The van der Waals surface area contributed by atoms with E-state index < -0.39 is 0 Å². The smallest absolute Gasteiger partial charge is 0.0590 e. The minimum atomic E-state index is 0.201. The number of nitrogens with two attached hydrogens (primary N) is 1. The van der Waals surface area contributed by atoms with Gasteiger partial charge in [0.1, 0.15) is 0 Å². The standard InChI is InChI=1S/C11H14N2S2/c1-7(2)5-8(13-12)10-6-11-9(15-10)3-4-14-11/h3-4,6,8,13H,1,5,12H2,2H3. The van der Waals surface area contributed by atoms with Crippen LogP contribution in [0.15, 0.2) is 29.7 Å². The number of thiophene rings is 2. The van der Waals surface area contributed by atoms with Crippen LogP contribution in [0.2, 0.25) is 0 Å². The van der Waals surface area contributed by atoms with Gasteiger partial charge in [-0.1, -0.05) is 5.57 Å². The summed E-state index contributed by atoms with van der Waals surface area (Å²) < 4.78 is 2.69. The number of hydrazine groups is 1. The Morgan fingerprint density at radius 1 is 1.60 bits per heavy atom. The average Bonchev–Trinajstić information content (AvgIpc) is 2.72. The molecule has 1 unspecified atom stereocenters. The summed E-state index contributed by atoms with van der Waals surface area (Å²) in [6, 6.07) is 4.58. The molecule has 0 aliphatic carbocycles. The summed E-state index contributed by atoms with van der Waals surface area (Å²) in [6.07, 6.45) is 0.893. The third kappa shape index (κ3) is 2.29. The van der Waals surface area contributed by atoms with Gasteiger partial charge in [0.25, 0.3) is 0 Å². The maximum absolute atomic E-state index is 5.56. The van der Waals surface area contributed by atoms with Crippen molar-refractivity contribution in [1.29, 1.82) is 0 Å². The van der Waals surface area contributed by atoms with Crippen LogP contribution >= 0.6 is 22.7 Å². The third-order valence-electron chi connectivity index (χ3n) is 2.26. The largest absolute Gasteiger partial charge is 0.271 e. The van der Waals surface area contributed by atoms with E-state index in [1.54, 1.807) is 22.7 Å². The predicted molar refractivity (Wildman–Crippen MR) is 69.2 cm³/mol. The normalized spacial score (nSPS) is 13.2. The van der Waals surface area contributed by atoms with Gasteiger partial charge in [-0.3, -0.25) is 11.3 Å². The van der Waals surface area contributed by atoms with E-state index in [9.17, 15) is 0 Å². The molecule has 80 valence electrons. The van der Waals surface area contributed by atoms with Crippen molar-refractivity contribution in [1.82, 2.24) is 5.43 Å². The summed E-state index contributed by atoms with van der Waals surface area (Å²) in [6.45, 7) is 5.95. The van der Waals surface area contributed by atoms with Crippen molar-refractivity contribution in [3.8, 4) is 0 Å². The maximum Gasteiger partial charge on any atom is 0.0590 e. The molecule has 0 radical (unpaired) electrons. The van der Waals surface area contributed by atoms with Gasteiger partial charge in [-0.25, -0.2) is 0 Å². The fraction of sp³-hybridized carbons (Fsp3) is 0.273. The SMILES string of the molecule is C=C(C)CC(NN)c1cc2sccc2s1. The highest BCUT2D eigenvalue weighted by Crippen LogP contribution is 2.34. The summed E-state index contributed by atoms with van der Waals surface area (Å²) in [7, 11) is 0. The van der Waals surface area contributed by atoms with Gasteiger partial charge in [-0.05, 0) is 30.9 Å². The van der Waals surface area contributed by atoms with Gasteiger partial charge < -0.3 is 0 Å². The Morgan fingerprint density at radius 3 is 3.00 bits per heavy atom. The predicted octanol–water partition coefficient (Wildman–Crippen LogP) is 3.43. The fourth-order valence-corrected chi connectivity index (χ4v) is 3.73. The fourth-order valence-electron chi connectivity index (χ4n) is 1.55. The number of fused-ring (bicyclic) bond motifs is 1. The topological polar surface area (TPSA) is 38.0 Å². The maximum atomic E-state index is 5.56. The van der Waals surface area contributed by atoms with Gasteiger partial charge in [0.2, 0.25) is 0 Å². The van der Waals surface area contributed by atoms with Crippen LogP contribution in [0.5, 0.6) is 0 Å². The second kappa shape index (κ2) is 4.45. The molecule has 2 nitrogen and oxygen atoms in total. The minimum Gasteiger partial charge on any atom is -0.271 e. The first-order valence-corrected chi connectivity index (χ1v) is 6.47. The van der Waals surface area contributed by atoms with E-state index in [4.69, 9.17) is 5.84 Å². The van der Waals surface area contributed by atoms with Crippen LogP contribution in [0, 0.1) is 0 Å². The lowest BCUT2D eigenvalue weighted by molar-refractivity contribution is 0.559. The molecule has 0 amide bonds. The quantitative estimate of drug-likeness (QED) is 0.486. The van der Waals surface area contributed by atoms with Crippen LogP contribution in [0.4, 0.5) is 0 Å².